The first-order valence-electron chi connectivity index (χ1n) is 7.38. The van der Waals surface area contributed by atoms with Crippen molar-refractivity contribution in [2.75, 3.05) is 5.32 Å². The molecule has 0 aliphatic rings. The number of benzene rings is 1. The quantitative estimate of drug-likeness (QED) is 0.724. The molecule has 0 bridgehead atoms. The summed E-state index contributed by atoms with van der Waals surface area (Å²) >= 11 is 0. The zero-order valence-electron chi connectivity index (χ0n) is 12.8. The second kappa shape index (κ2) is 7.69. The van der Waals surface area contributed by atoms with Gasteiger partial charge in [0.1, 0.15) is 5.75 Å². The van der Waals surface area contributed by atoms with E-state index in [2.05, 4.69) is 15.3 Å². The summed E-state index contributed by atoms with van der Waals surface area (Å²) in [7, 11) is 0. The van der Waals surface area contributed by atoms with Gasteiger partial charge in [-0.15, -0.1) is 0 Å². The third-order valence-corrected chi connectivity index (χ3v) is 3.08. The minimum Gasteiger partial charge on any atom is -0.439 e. The van der Waals surface area contributed by atoms with Gasteiger partial charge < -0.3 is 10.1 Å². The summed E-state index contributed by atoms with van der Waals surface area (Å²) in [6.07, 6.45) is 8.01. The second-order valence-electron chi connectivity index (χ2n) is 4.91. The maximum Gasteiger partial charge on any atom is 0.248 e. The Labute approximate surface area is 139 Å². The molecule has 5 nitrogen and oxygen atoms in total. The number of hydrogen-bond acceptors (Lipinski definition) is 4. The van der Waals surface area contributed by atoms with Crippen molar-refractivity contribution < 1.29 is 9.53 Å². The lowest BCUT2D eigenvalue weighted by molar-refractivity contribution is -0.111. The molecule has 1 amide bonds. The molecule has 0 radical (unpaired) electrons. The molecule has 0 aliphatic heterocycles. The molecule has 0 saturated heterocycles. The highest BCUT2D eigenvalue weighted by molar-refractivity contribution is 6.01. The lowest BCUT2D eigenvalue weighted by Crippen LogP contribution is -2.07. The molecule has 3 rings (SSSR count). The lowest BCUT2D eigenvalue weighted by atomic mass is 10.2. The standard InChI is InChI=1S/C19H15N3O2/c23-18(22-16-5-4-12-20-14-16)10-8-15-9-11-19(21-13-15)24-17-6-2-1-3-7-17/h1-14H,(H,22,23)/b10-8+. The van der Waals surface area contributed by atoms with Crippen molar-refractivity contribution in [3.8, 4) is 11.6 Å². The molecule has 0 aliphatic carbocycles. The van der Waals surface area contributed by atoms with Gasteiger partial charge in [-0.25, -0.2) is 4.98 Å². The van der Waals surface area contributed by atoms with Gasteiger partial charge >= 0.3 is 0 Å². The molecule has 2 heterocycles. The Hall–Kier alpha value is -3.47. The maximum atomic E-state index is 11.8. The van der Waals surface area contributed by atoms with Crippen LogP contribution in [0, 0.1) is 0 Å². The first kappa shape index (κ1) is 15.4. The van der Waals surface area contributed by atoms with E-state index >= 15 is 0 Å². The summed E-state index contributed by atoms with van der Waals surface area (Å²) < 4.78 is 5.62. The Morgan fingerprint density at radius 1 is 1.00 bits per heavy atom. The Morgan fingerprint density at radius 2 is 1.88 bits per heavy atom. The van der Waals surface area contributed by atoms with Crippen molar-refractivity contribution >= 4 is 17.7 Å². The lowest BCUT2D eigenvalue weighted by Gasteiger charge is -2.04. The van der Waals surface area contributed by atoms with Crippen molar-refractivity contribution in [1.29, 1.82) is 0 Å². The van der Waals surface area contributed by atoms with Gasteiger partial charge in [-0.05, 0) is 42.0 Å². The van der Waals surface area contributed by atoms with Gasteiger partial charge in [0.05, 0.1) is 11.9 Å². The van der Waals surface area contributed by atoms with Crippen molar-refractivity contribution in [3.05, 3.63) is 84.8 Å². The number of pyridine rings is 2. The molecule has 0 saturated carbocycles. The highest BCUT2D eigenvalue weighted by atomic mass is 16.5. The molecule has 118 valence electrons. The van der Waals surface area contributed by atoms with E-state index in [9.17, 15) is 4.79 Å². The van der Waals surface area contributed by atoms with Crippen LogP contribution in [0.4, 0.5) is 5.69 Å². The zero-order valence-corrected chi connectivity index (χ0v) is 12.8. The minimum absolute atomic E-state index is 0.229. The highest BCUT2D eigenvalue weighted by Crippen LogP contribution is 2.18. The Kier molecular flexibility index (Phi) is 4.94. The van der Waals surface area contributed by atoms with Crippen LogP contribution in [0.2, 0.25) is 0 Å². The fraction of sp³-hybridized carbons (Fsp3) is 0. The number of carbonyl (C=O) groups is 1. The molecule has 1 N–H and O–H groups in total. The first-order valence-corrected chi connectivity index (χ1v) is 7.38. The van der Waals surface area contributed by atoms with E-state index < -0.39 is 0 Å². The van der Waals surface area contributed by atoms with Gasteiger partial charge in [0, 0.05) is 24.5 Å². The van der Waals surface area contributed by atoms with Crippen LogP contribution in [-0.4, -0.2) is 15.9 Å². The van der Waals surface area contributed by atoms with E-state index in [0.717, 1.165) is 11.3 Å². The van der Waals surface area contributed by atoms with Crippen LogP contribution >= 0.6 is 0 Å². The van der Waals surface area contributed by atoms with E-state index in [1.165, 1.54) is 6.08 Å². The van der Waals surface area contributed by atoms with Gasteiger partial charge in [0.15, 0.2) is 0 Å². The molecule has 24 heavy (non-hydrogen) atoms. The van der Waals surface area contributed by atoms with Crippen LogP contribution in [0.1, 0.15) is 5.56 Å². The summed E-state index contributed by atoms with van der Waals surface area (Å²) in [4.78, 5) is 20.0. The number of hydrogen-bond donors (Lipinski definition) is 1. The first-order chi connectivity index (χ1) is 11.8. The third kappa shape index (κ3) is 4.51. The number of nitrogens with one attached hydrogen (secondary N) is 1. The van der Waals surface area contributed by atoms with E-state index in [-0.39, 0.29) is 5.91 Å². The predicted molar refractivity (Wildman–Crippen MR) is 92.7 cm³/mol. The van der Waals surface area contributed by atoms with Gasteiger partial charge in [-0.3, -0.25) is 9.78 Å². The van der Waals surface area contributed by atoms with Gasteiger partial charge in [-0.1, -0.05) is 18.2 Å². The van der Waals surface area contributed by atoms with E-state index in [4.69, 9.17) is 4.74 Å². The molecule has 2 aromatic heterocycles. The second-order valence-corrected chi connectivity index (χ2v) is 4.91. The number of anilines is 1. The molecule has 0 fully saturated rings. The molecule has 0 atom stereocenters. The van der Waals surface area contributed by atoms with Crippen LogP contribution in [0.25, 0.3) is 6.08 Å². The molecule has 3 aromatic rings. The normalized spacial score (nSPS) is 10.5. The Bertz CT molecular complexity index is 816. The molecule has 1 aromatic carbocycles. The smallest absolute Gasteiger partial charge is 0.248 e. The number of ether oxygens (including phenoxy) is 1. The topological polar surface area (TPSA) is 64.1 Å². The summed E-state index contributed by atoms with van der Waals surface area (Å²) in [5, 5.41) is 2.72. The van der Waals surface area contributed by atoms with Crippen molar-refractivity contribution in [3.63, 3.8) is 0 Å². The van der Waals surface area contributed by atoms with Crippen LogP contribution in [-0.2, 0) is 4.79 Å². The average molecular weight is 317 g/mol. The highest BCUT2D eigenvalue weighted by Gasteiger charge is 1.99. The summed E-state index contributed by atoms with van der Waals surface area (Å²) in [5.74, 6) is 0.995. The predicted octanol–water partition coefficient (Wildman–Crippen LogP) is 3.92. The summed E-state index contributed by atoms with van der Waals surface area (Å²) in [5.41, 5.74) is 1.45. The average Bonchev–Trinajstić information content (AvgIpc) is 2.63. The van der Waals surface area contributed by atoms with Crippen molar-refractivity contribution in [1.82, 2.24) is 9.97 Å². The van der Waals surface area contributed by atoms with Gasteiger partial charge in [0.2, 0.25) is 11.8 Å². The van der Waals surface area contributed by atoms with Gasteiger partial charge in [-0.2, -0.15) is 0 Å². The van der Waals surface area contributed by atoms with Gasteiger partial charge in [0.25, 0.3) is 0 Å². The van der Waals surface area contributed by atoms with Crippen LogP contribution in [0.15, 0.2) is 79.3 Å². The molecular weight excluding hydrogens is 302 g/mol. The minimum atomic E-state index is -0.229. The number of amides is 1. The fourth-order valence-corrected chi connectivity index (χ4v) is 1.95. The number of aromatic nitrogens is 2. The third-order valence-electron chi connectivity index (χ3n) is 3.08. The van der Waals surface area contributed by atoms with Crippen molar-refractivity contribution in [2.24, 2.45) is 0 Å². The number of carbonyl (C=O) groups excluding carboxylic acids is 1. The largest absolute Gasteiger partial charge is 0.439 e. The van der Waals surface area contributed by atoms with Crippen LogP contribution in [0.3, 0.4) is 0 Å². The van der Waals surface area contributed by atoms with Crippen LogP contribution < -0.4 is 10.1 Å². The van der Waals surface area contributed by atoms with E-state index in [1.807, 2.05) is 36.4 Å². The molecule has 0 unspecified atom stereocenters. The molecule has 5 heteroatoms. The molecular formula is C19H15N3O2. The SMILES string of the molecule is O=C(/C=C/c1ccc(Oc2ccccc2)nc1)Nc1cccnc1. The number of para-hydroxylation sites is 1. The number of nitrogens with zero attached hydrogens (tertiary/aromatic N) is 2. The number of rotatable bonds is 5. The Balaban J connectivity index is 1.58. The summed E-state index contributed by atoms with van der Waals surface area (Å²) in [6.45, 7) is 0. The summed E-state index contributed by atoms with van der Waals surface area (Å²) in [6, 6.07) is 16.6. The molecule has 0 spiro atoms. The Morgan fingerprint density at radius 3 is 2.58 bits per heavy atom. The zero-order chi connectivity index (χ0) is 16.6. The monoisotopic (exact) mass is 317 g/mol. The fourth-order valence-electron chi connectivity index (χ4n) is 1.95. The van der Waals surface area contributed by atoms with Crippen molar-refractivity contribution in [2.45, 2.75) is 0 Å². The van der Waals surface area contributed by atoms with Crippen LogP contribution in [0.5, 0.6) is 11.6 Å². The van der Waals surface area contributed by atoms with E-state index in [1.54, 1.807) is 42.9 Å². The maximum absolute atomic E-state index is 11.8. The van der Waals surface area contributed by atoms with E-state index in [0.29, 0.717) is 11.6 Å².